The van der Waals surface area contributed by atoms with E-state index in [2.05, 4.69) is 10.4 Å². The zero-order valence-corrected chi connectivity index (χ0v) is 20.4. The molecule has 0 unspecified atom stereocenters. The van der Waals surface area contributed by atoms with E-state index in [1.165, 1.54) is 16.8 Å². The standard InChI is InChI=1S/C27H26N4O5/c1-17-11-19(3)20(4)26(12-17)36-23-14-21(13-22(15-23)31(33)34)28-27(32)24-9-10-30(29-24)16-35-25-8-6-5-7-18(25)2/h5-15H,16H2,1-4H3,(H,28,32). The van der Waals surface area contributed by atoms with E-state index in [1.807, 2.05) is 64.1 Å². The smallest absolute Gasteiger partial charge is 0.276 e. The molecule has 1 aromatic heterocycles. The third kappa shape index (κ3) is 5.69. The van der Waals surface area contributed by atoms with Gasteiger partial charge in [0.1, 0.15) is 17.2 Å². The van der Waals surface area contributed by atoms with Crippen molar-refractivity contribution in [2.45, 2.75) is 34.4 Å². The largest absolute Gasteiger partial charge is 0.471 e. The van der Waals surface area contributed by atoms with E-state index < -0.39 is 10.8 Å². The van der Waals surface area contributed by atoms with Crippen LogP contribution in [0, 0.1) is 37.8 Å². The zero-order chi connectivity index (χ0) is 25.8. The number of nitro groups is 1. The van der Waals surface area contributed by atoms with Crippen LogP contribution in [0.4, 0.5) is 11.4 Å². The topological polar surface area (TPSA) is 109 Å². The van der Waals surface area contributed by atoms with Gasteiger partial charge in [-0.25, -0.2) is 4.68 Å². The summed E-state index contributed by atoms with van der Waals surface area (Å²) in [6, 6.07) is 17.2. The van der Waals surface area contributed by atoms with Crippen molar-refractivity contribution >= 4 is 17.3 Å². The molecule has 4 rings (SSSR count). The average molecular weight is 487 g/mol. The number of hydrogen-bond acceptors (Lipinski definition) is 6. The van der Waals surface area contributed by atoms with Gasteiger partial charge in [-0.3, -0.25) is 14.9 Å². The molecule has 4 aromatic rings. The average Bonchev–Trinajstić information content (AvgIpc) is 3.31. The van der Waals surface area contributed by atoms with Gasteiger partial charge in [-0.15, -0.1) is 0 Å². The molecule has 9 heteroatoms. The molecule has 1 heterocycles. The molecule has 1 amide bonds. The van der Waals surface area contributed by atoms with E-state index in [4.69, 9.17) is 9.47 Å². The van der Waals surface area contributed by atoms with Crippen LogP contribution in [0.15, 0.2) is 66.9 Å². The second kappa shape index (κ2) is 10.3. The van der Waals surface area contributed by atoms with Gasteiger partial charge < -0.3 is 14.8 Å². The van der Waals surface area contributed by atoms with Crippen LogP contribution in [-0.4, -0.2) is 20.6 Å². The van der Waals surface area contributed by atoms with Crippen LogP contribution in [0.5, 0.6) is 17.2 Å². The highest BCUT2D eigenvalue weighted by Gasteiger charge is 2.16. The lowest BCUT2D eigenvalue weighted by Gasteiger charge is -2.13. The third-order valence-electron chi connectivity index (χ3n) is 5.67. The Balaban J connectivity index is 1.51. The van der Waals surface area contributed by atoms with Crippen LogP contribution in [0.1, 0.15) is 32.7 Å². The fourth-order valence-corrected chi connectivity index (χ4v) is 3.66. The Morgan fingerprint density at radius 2 is 1.78 bits per heavy atom. The quantitative estimate of drug-likeness (QED) is 0.238. The number of ether oxygens (including phenoxy) is 2. The van der Waals surface area contributed by atoms with Crippen molar-refractivity contribution in [3.63, 3.8) is 0 Å². The van der Waals surface area contributed by atoms with E-state index in [9.17, 15) is 14.9 Å². The molecular formula is C27H26N4O5. The zero-order valence-electron chi connectivity index (χ0n) is 20.4. The summed E-state index contributed by atoms with van der Waals surface area (Å²) < 4.78 is 13.2. The number of non-ortho nitro benzene ring substituents is 1. The molecule has 184 valence electrons. The van der Waals surface area contributed by atoms with E-state index in [1.54, 1.807) is 18.3 Å². The van der Waals surface area contributed by atoms with Gasteiger partial charge >= 0.3 is 0 Å². The number of nitrogens with zero attached hydrogens (tertiary/aromatic N) is 3. The Morgan fingerprint density at radius 3 is 2.53 bits per heavy atom. The highest BCUT2D eigenvalue weighted by molar-refractivity contribution is 6.03. The van der Waals surface area contributed by atoms with Crippen LogP contribution >= 0.6 is 0 Å². The molecule has 0 spiro atoms. The van der Waals surface area contributed by atoms with Gasteiger partial charge in [0.15, 0.2) is 12.4 Å². The monoisotopic (exact) mass is 486 g/mol. The lowest BCUT2D eigenvalue weighted by molar-refractivity contribution is -0.384. The van der Waals surface area contributed by atoms with E-state index in [-0.39, 0.29) is 29.5 Å². The minimum absolute atomic E-state index is 0.127. The maximum absolute atomic E-state index is 12.8. The number of carbonyl (C=O) groups excluding carboxylic acids is 1. The first kappa shape index (κ1) is 24.5. The maximum Gasteiger partial charge on any atom is 0.276 e. The summed E-state index contributed by atoms with van der Waals surface area (Å²) >= 11 is 0. The Labute approximate surface area is 208 Å². The van der Waals surface area contributed by atoms with Gasteiger partial charge in [0, 0.05) is 18.3 Å². The summed E-state index contributed by atoms with van der Waals surface area (Å²) in [5, 5.41) is 18.4. The van der Waals surface area contributed by atoms with Crippen molar-refractivity contribution in [1.82, 2.24) is 9.78 Å². The Hall–Kier alpha value is -4.66. The van der Waals surface area contributed by atoms with E-state index >= 15 is 0 Å². The van der Waals surface area contributed by atoms with Gasteiger partial charge in [0.25, 0.3) is 11.6 Å². The minimum Gasteiger partial charge on any atom is -0.471 e. The van der Waals surface area contributed by atoms with E-state index in [0.29, 0.717) is 5.75 Å². The molecule has 0 radical (unpaired) electrons. The molecule has 0 aliphatic heterocycles. The van der Waals surface area contributed by atoms with Crippen LogP contribution in [0.25, 0.3) is 0 Å². The molecule has 1 N–H and O–H groups in total. The summed E-state index contributed by atoms with van der Waals surface area (Å²) in [5.74, 6) is 1.04. The minimum atomic E-state index is -0.533. The Bertz CT molecular complexity index is 1440. The highest BCUT2D eigenvalue weighted by atomic mass is 16.6. The van der Waals surface area contributed by atoms with Crippen LogP contribution < -0.4 is 14.8 Å². The first-order chi connectivity index (χ1) is 17.2. The number of hydrogen-bond donors (Lipinski definition) is 1. The number of aromatic nitrogens is 2. The first-order valence-corrected chi connectivity index (χ1v) is 11.3. The molecule has 0 fully saturated rings. The van der Waals surface area contributed by atoms with Crippen molar-refractivity contribution < 1.29 is 19.2 Å². The van der Waals surface area contributed by atoms with Gasteiger partial charge in [-0.1, -0.05) is 24.3 Å². The van der Waals surface area contributed by atoms with Crippen molar-refractivity contribution in [1.29, 1.82) is 0 Å². The molecule has 36 heavy (non-hydrogen) atoms. The molecule has 0 aliphatic carbocycles. The van der Waals surface area contributed by atoms with Crippen molar-refractivity contribution in [2.24, 2.45) is 0 Å². The fourth-order valence-electron chi connectivity index (χ4n) is 3.66. The number of anilines is 1. The lowest BCUT2D eigenvalue weighted by Crippen LogP contribution is -2.14. The van der Waals surface area contributed by atoms with Gasteiger partial charge in [0.05, 0.1) is 16.7 Å². The summed E-state index contributed by atoms with van der Waals surface area (Å²) in [6.07, 6.45) is 1.62. The summed E-state index contributed by atoms with van der Waals surface area (Å²) in [6.45, 7) is 7.91. The molecule has 3 aromatic carbocycles. The molecule has 9 nitrogen and oxygen atoms in total. The van der Waals surface area contributed by atoms with Crippen molar-refractivity contribution in [2.75, 3.05) is 5.32 Å². The predicted octanol–water partition coefficient (Wildman–Crippen LogP) is 6.11. The number of benzene rings is 3. The SMILES string of the molecule is Cc1cc(C)c(C)c(Oc2cc(NC(=O)c3ccn(COc4ccccc4C)n3)cc([N+](=O)[O-])c2)c1. The third-order valence-corrected chi connectivity index (χ3v) is 5.67. The van der Waals surface area contributed by atoms with Gasteiger partial charge in [-0.05, 0) is 68.1 Å². The van der Waals surface area contributed by atoms with Crippen LogP contribution in [-0.2, 0) is 6.73 Å². The summed E-state index contributed by atoms with van der Waals surface area (Å²) in [4.78, 5) is 23.8. The first-order valence-electron chi connectivity index (χ1n) is 11.3. The van der Waals surface area contributed by atoms with Crippen LogP contribution in [0.2, 0.25) is 0 Å². The van der Waals surface area contributed by atoms with Crippen LogP contribution in [0.3, 0.4) is 0 Å². The molecule has 0 bridgehead atoms. The van der Waals surface area contributed by atoms with Crippen molar-refractivity contribution in [3.05, 3.63) is 105 Å². The highest BCUT2D eigenvalue weighted by Crippen LogP contribution is 2.33. The number of amides is 1. The molecule has 0 aliphatic rings. The molecule has 0 saturated carbocycles. The maximum atomic E-state index is 12.8. The molecule has 0 saturated heterocycles. The number of nitro benzene ring substituents is 1. The number of nitrogens with one attached hydrogen (secondary N) is 1. The summed E-state index contributed by atoms with van der Waals surface area (Å²) in [5.41, 5.74) is 4.12. The van der Waals surface area contributed by atoms with Crippen molar-refractivity contribution in [3.8, 4) is 17.2 Å². The second-order valence-corrected chi connectivity index (χ2v) is 8.51. The van der Waals surface area contributed by atoms with Gasteiger partial charge in [-0.2, -0.15) is 5.10 Å². The fraction of sp³-hybridized carbons (Fsp3) is 0.185. The Morgan fingerprint density at radius 1 is 1.00 bits per heavy atom. The number of aryl methyl sites for hydroxylation is 3. The number of carbonyl (C=O) groups is 1. The second-order valence-electron chi connectivity index (χ2n) is 8.51. The lowest BCUT2D eigenvalue weighted by atomic mass is 10.1. The predicted molar refractivity (Wildman–Crippen MR) is 136 cm³/mol. The number of rotatable bonds is 8. The number of para-hydroxylation sites is 1. The molecular weight excluding hydrogens is 460 g/mol. The Kier molecular flexibility index (Phi) is 7.00. The normalized spacial score (nSPS) is 10.7. The van der Waals surface area contributed by atoms with E-state index in [0.717, 1.165) is 28.0 Å². The molecule has 0 atom stereocenters. The van der Waals surface area contributed by atoms with Gasteiger partial charge in [0.2, 0.25) is 0 Å². The summed E-state index contributed by atoms with van der Waals surface area (Å²) in [7, 11) is 0.